The highest BCUT2D eigenvalue weighted by molar-refractivity contribution is 6.02. The molecule has 0 saturated heterocycles. The molecule has 8 nitrogen and oxygen atoms in total. The summed E-state index contributed by atoms with van der Waals surface area (Å²) >= 11 is 0. The Hall–Kier alpha value is -2.74. The Morgan fingerprint density at radius 3 is 1.77 bits per heavy atom. The molecule has 0 fully saturated rings. The number of H-pyrrole nitrogens is 2. The van der Waals surface area contributed by atoms with Crippen LogP contribution in [0.25, 0.3) is 0 Å². The third-order valence-electron chi connectivity index (χ3n) is 2.95. The molecule has 2 aromatic rings. The Morgan fingerprint density at radius 1 is 1.09 bits per heavy atom. The molecule has 0 aromatic carbocycles. The van der Waals surface area contributed by atoms with Crippen LogP contribution in [0.2, 0.25) is 0 Å². The fourth-order valence-corrected chi connectivity index (χ4v) is 1.70. The standard InChI is InChI=1S/C13H16N6O2.ClH/c1-13(12(14)15,18-10(20)8-4-2-6-16-8)19-11(21)9-5-3-7-17-9;/h2-7,16-17H,1H3,(H3,14,15)(H,18,20)(H,19,21);1H. The van der Waals surface area contributed by atoms with Gasteiger partial charge in [0.1, 0.15) is 17.2 Å². The van der Waals surface area contributed by atoms with Crippen LogP contribution in [-0.2, 0) is 0 Å². The quantitative estimate of drug-likeness (QED) is 0.272. The molecule has 2 aromatic heterocycles. The van der Waals surface area contributed by atoms with E-state index in [0.717, 1.165) is 0 Å². The number of nitrogens with two attached hydrogens (primary N) is 1. The van der Waals surface area contributed by atoms with Gasteiger partial charge in [-0.1, -0.05) is 0 Å². The van der Waals surface area contributed by atoms with E-state index in [9.17, 15) is 9.59 Å². The number of carbonyl (C=O) groups excluding carboxylic acids is 2. The Labute approximate surface area is 132 Å². The third-order valence-corrected chi connectivity index (χ3v) is 2.95. The van der Waals surface area contributed by atoms with E-state index in [0.29, 0.717) is 11.4 Å². The highest BCUT2D eigenvalue weighted by atomic mass is 35.5. The summed E-state index contributed by atoms with van der Waals surface area (Å²) in [5.41, 5.74) is 4.62. The summed E-state index contributed by atoms with van der Waals surface area (Å²) in [6, 6.07) is 6.47. The van der Waals surface area contributed by atoms with E-state index in [4.69, 9.17) is 11.1 Å². The molecule has 0 unspecified atom stereocenters. The molecule has 2 heterocycles. The maximum atomic E-state index is 12.0. The van der Waals surface area contributed by atoms with Crippen LogP contribution in [0.15, 0.2) is 36.7 Å². The molecule has 22 heavy (non-hydrogen) atoms. The number of hydrogen-bond donors (Lipinski definition) is 6. The van der Waals surface area contributed by atoms with Gasteiger partial charge in [-0.3, -0.25) is 15.0 Å². The second kappa shape index (κ2) is 6.81. The van der Waals surface area contributed by atoms with Crippen molar-refractivity contribution in [3.05, 3.63) is 48.0 Å². The Morgan fingerprint density at radius 2 is 1.50 bits per heavy atom. The lowest BCUT2D eigenvalue weighted by Crippen LogP contribution is -2.65. The second-order valence-electron chi connectivity index (χ2n) is 4.61. The van der Waals surface area contributed by atoms with Crippen LogP contribution in [0.3, 0.4) is 0 Å². The van der Waals surface area contributed by atoms with Crippen LogP contribution < -0.4 is 16.4 Å². The number of halogens is 1. The Bertz CT molecular complexity index is 602. The van der Waals surface area contributed by atoms with Crippen molar-refractivity contribution >= 4 is 30.1 Å². The average Bonchev–Trinajstić information content (AvgIpc) is 3.12. The van der Waals surface area contributed by atoms with E-state index < -0.39 is 17.5 Å². The molecule has 2 rings (SSSR count). The summed E-state index contributed by atoms with van der Waals surface area (Å²) in [7, 11) is 0. The fourth-order valence-electron chi connectivity index (χ4n) is 1.70. The topological polar surface area (TPSA) is 140 Å². The van der Waals surface area contributed by atoms with E-state index >= 15 is 0 Å². The molecule has 9 heteroatoms. The van der Waals surface area contributed by atoms with Gasteiger partial charge < -0.3 is 26.3 Å². The van der Waals surface area contributed by atoms with Crippen molar-refractivity contribution in [2.24, 2.45) is 5.73 Å². The summed E-state index contributed by atoms with van der Waals surface area (Å²) in [6.07, 6.45) is 3.19. The number of amidine groups is 1. The van der Waals surface area contributed by atoms with Gasteiger partial charge in [-0.05, 0) is 31.2 Å². The molecule has 0 bridgehead atoms. The molecule has 0 aliphatic heterocycles. The van der Waals surface area contributed by atoms with Crippen molar-refractivity contribution in [2.45, 2.75) is 12.6 Å². The average molecular weight is 325 g/mol. The van der Waals surface area contributed by atoms with E-state index in [2.05, 4.69) is 20.6 Å². The van der Waals surface area contributed by atoms with Crippen LogP contribution in [0.5, 0.6) is 0 Å². The zero-order valence-corrected chi connectivity index (χ0v) is 12.6. The van der Waals surface area contributed by atoms with Gasteiger partial charge in [0, 0.05) is 12.4 Å². The van der Waals surface area contributed by atoms with Crippen molar-refractivity contribution in [3.63, 3.8) is 0 Å². The van der Waals surface area contributed by atoms with Gasteiger partial charge >= 0.3 is 0 Å². The Balaban J connectivity index is 0.00000242. The number of hydrogen-bond acceptors (Lipinski definition) is 3. The van der Waals surface area contributed by atoms with Gasteiger partial charge in [0.05, 0.1) is 0 Å². The lowest BCUT2D eigenvalue weighted by atomic mass is 10.1. The third kappa shape index (κ3) is 3.67. The second-order valence-corrected chi connectivity index (χ2v) is 4.61. The molecular formula is C13H17ClN6O2. The number of carbonyl (C=O) groups is 2. The summed E-state index contributed by atoms with van der Waals surface area (Å²) in [5, 5.41) is 12.7. The maximum Gasteiger partial charge on any atom is 0.269 e. The highest BCUT2D eigenvalue weighted by Gasteiger charge is 2.33. The largest absolute Gasteiger partial charge is 0.384 e. The van der Waals surface area contributed by atoms with E-state index in [-0.39, 0.29) is 18.2 Å². The molecule has 7 N–H and O–H groups in total. The minimum absolute atomic E-state index is 0. The lowest BCUT2D eigenvalue weighted by molar-refractivity contribution is 0.0858. The van der Waals surface area contributed by atoms with Crippen molar-refractivity contribution in [1.29, 1.82) is 5.41 Å². The molecule has 2 amide bonds. The highest BCUT2D eigenvalue weighted by Crippen LogP contribution is 2.05. The van der Waals surface area contributed by atoms with Gasteiger partial charge in [0.25, 0.3) is 11.8 Å². The normalized spacial score (nSPS) is 10.4. The molecule has 118 valence electrons. The molecule has 0 atom stereocenters. The van der Waals surface area contributed by atoms with Gasteiger partial charge in [-0.15, -0.1) is 12.4 Å². The van der Waals surface area contributed by atoms with Crippen molar-refractivity contribution in [1.82, 2.24) is 20.6 Å². The number of aromatic amines is 2. The fraction of sp³-hybridized carbons (Fsp3) is 0.154. The number of nitrogens with one attached hydrogen (secondary N) is 5. The minimum atomic E-state index is -1.50. The molecular weight excluding hydrogens is 308 g/mol. The van der Waals surface area contributed by atoms with Crippen molar-refractivity contribution in [3.8, 4) is 0 Å². The van der Waals surface area contributed by atoms with Crippen LogP contribution >= 0.6 is 12.4 Å². The lowest BCUT2D eigenvalue weighted by Gasteiger charge is -2.30. The van der Waals surface area contributed by atoms with E-state index in [1.54, 1.807) is 36.7 Å². The smallest absolute Gasteiger partial charge is 0.269 e. The van der Waals surface area contributed by atoms with Crippen LogP contribution in [0, 0.1) is 5.41 Å². The van der Waals surface area contributed by atoms with E-state index in [1.165, 1.54) is 6.92 Å². The molecule has 0 radical (unpaired) electrons. The van der Waals surface area contributed by atoms with Gasteiger partial charge in [0.15, 0.2) is 5.66 Å². The maximum absolute atomic E-state index is 12.0. The monoisotopic (exact) mass is 324 g/mol. The van der Waals surface area contributed by atoms with Gasteiger partial charge in [0.2, 0.25) is 0 Å². The number of rotatable bonds is 5. The first-order chi connectivity index (χ1) is 9.92. The first-order valence-corrected chi connectivity index (χ1v) is 6.18. The summed E-state index contributed by atoms with van der Waals surface area (Å²) in [5.74, 6) is -1.35. The first-order valence-electron chi connectivity index (χ1n) is 6.18. The van der Waals surface area contributed by atoms with Gasteiger partial charge in [-0.2, -0.15) is 0 Å². The SMILES string of the molecule is CC(NC(=O)c1ccc[nH]1)(NC(=O)c1ccc[nH]1)C(=N)N.Cl. The molecule has 0 saturated carbocycles. The Kier molecular flexibility index (Phi) is 5.36. The molecule has 0 aliphatic rings. The van der Waals surface area contributed by atoms with Gasteiger partial charge in [-0.25, -0.2) is 0 Å². The first kappa shape index (κ1) is 17.3. The zero-order chi connectivity index (χ0) is 15.5. The van der Waals surface area contributed by atoms with Crippen LogP contribution in [0.4, 0.5) is 0 Å². The summed E-state index contributed by atoms with van der Waals surface area (Å²) < 4.78 is 0. The van der Waals surface area contributed by atoms with Crippen molar-refractivity contribution < 1.29 is 9.59 Å². The number of amides is 2. The predicted molar refractivity (Wildman–Crippen MR) is 84.1 cm³/mol. The van der Waals surface area contributed by atoms with Crippen molar-refractivity contribution in [2.75, 3.05) is 0 Å². The number of aromatic nitrogens is 2. The van der Waals surface area contributed by atoms with Crippen LogP contribution in [0.1, 0.15) is 27.9 Å². The summed E-state index contributed by atoms with van der Waals surface area (Å²) in [6.45, 7) is 1.44. The summed E-state index contributed by atoms with van der Waals surface area (Å²) in [4.78, 5) is 29.6. The molecule has 0 spiro atoms. The molecule has 0 aliphatic carbocycles. The zero-order valence-electron chi connectivity index (χ0n) is 11.8. The van der Waals surface area contributed by atoms with Crippen LogP contribution in [-0.4, -0.2) is 33.3 Å². The minimum Gasteiger partial charge on any atom is -0.384 e. The predicted octanol–water partition coefficient (Wildman–Crippen LogP) is 0.577. The van der Waals surface area contributed by atoms with E-state index in [1.807, 2.05) is 0 Å².